The van der Waals surface area contributed by atoms with Crippen molar-refractivity contribution in [1.82, 2.24) is 4.90 Å². The fraction of sp³-hybridized carbons (Fsp3) is 0.350. The predicted molar refractivity (Wildman–Crippen MR) is 106 cm³/mol. The van der Waals surface area contributed by atoms with Gasteiger partial charge in [-0.15, -0.1) is 0 Å². The highest BCUT2D eigenvalue weighted by atomic mass is 16.6. The van der Waals surface area contributed by atoms with Crippen molar-refractivity contribution in [3.05, 3.63) is 73.8 Å². The first kappa shape index (κ1) is 21.2. The maximum atomic E-state index is 13.3. The summed E-state index contributed by atoms with van der Waals surface area (Å²) in [6, 6.07) is 10.1. The number of methoxy groups -OCH3 is 1. The number of nitrogens with zero attached hydrogens (tertiary/aromatic N) is 3. The molecule has 2 aromatic carbocycles. The summed E-state index contributed by atoms with van der Waals surface area (Å²) in [5.41, 5.74) is -0.404. The standard InChI is InChI=1S/C20H21N3O7/c1-29-19-7-3-2-5-14(19)12-21(13-18-6-4-8-30-18)20(24)15-9-16(22(25)26)11-17(10-15)23(27)28/h2-3,5,7,9-11,18H,4,6,8,12-13H2,1H3. The van der Waals surface area contributed by atoms with E-state index in [0.29, 0.717) is 12.4 Å². The lowest BCUT2D eigenvalue weighted by molar-refractivity contribution is -0.394. The van der Waals surface area contributed by atoms with Crippen LogP contribution in [-0.2, 0) is 11.3 Å². The Morgan fingerprint density at radius 1 is 1.17 bits per heavy atom. The molecule has 0 aromatic heterocycles. The van der Waals surface area contributed by atoms with Gasteiger partial charge in [0.2, 0.25) is 0 Å². The quantitative estimate of drug-likeness (QED) is 0.478. The number of benzene rings is 2. The maximum absolute atomic E-state index is 13.3. The van der Waals surface area contributed by atoms with Gasteiger partial charge >= 0.3 is 0 Å². The number of nitro benzene ring substituents is 2. The molecule has 0 bridgehead atoms. The second-order valence-electron chi connectivity index (χ2n) is 6.88. The van der Waals surface area contributed by atoms with Gasteiger partial charge < -0.3 is 14.4 Å². The van der Waals surface area contributed by atoms with Gasteiger partial charge in [0.1, 0.15) is 5.75 Å². The van der Waals surface area contributed by atoms with E-state index in [1.807, 2.05) is 12.1 Å². The Bertz CT molecular complexity index is 925. The van der Waals surface area contributed by atoms with Crippen LogP contribution in [0.4, 0.5) is 11.4 Å². The molecule has 0 spiro atoms. The van der Waals surface area contributed by atoms with Gasteiger partial charge in [0.05, 0.1) is 34.7 Å². The molecule has 1 amide bonds. The predicted octanol–water partition coefficient (Wildman–Crippen LogP) is 3.33. The molecule has 3 rings (SSSR count). The highest BCUT2D eigenvalue weighted by Gasteiger charge is 2.27. The van der Waals surface area contributed by atoms with Crippen molar-refractivity contribution < 1.29 is 24.1 Å². The Morgan fingerprint density at radius 2 is 1.83 bits per heavy atom. The molecule has 0 aliphatic carbocycles. The van der Waals surface area contributed by atoms with Gasteiger partial charge in [-0.2, -0.15) is 0 Å². The van der Waals surface area contributed by atoms with Gasteiger partial charge in [-0.05, 0) is 18.9 Å². The van der Waals surface area contributed by atoms with Crippen molar-refractivity contribution in [1.29, 1.82) is 0 Å². The van der Waals surface area contributed by atoms with Crippen LogP contribution >= 0.6 is 0 Å². The zero-order chi connectivity index (χ0) is 21.7. The third-order valence-electron chi connectivity index (χ3n) is 4.86. The lowest BCUT2D eigenvalue weighted by Gasteiger charge is -2.26. The third kappa shape index (κ3) is 4.90. The van der Waals surface area contributed by atoms with Crippen LogP contribution in [0, 0.1) is 20.2 Å². The maximum Gasteiger partial charge on any atom is 0.277 e. The Hall–Kier alpha value is -3.53. The van der Waals surface area contributed by atoms with E-state index in [1.165, 1.54) is 12.0 Å². The molecule has 1 atom stereocenters. The molecule has 1 aliphatic heterocycles. The van der Waals surface area contributed by atoms with Crippen LogP contribution in [0.1, 0.15) is 28.8 Å². The van der Waals surface area contributed by atoms with E-state index in [1.54, 1.807) is 12.1 Å². The van der Waals surface area contributed by atoms with E-state index >= 15 is 0 Å². The zero-order valence-electron chi connectivity index (χ0n) is 16.4. The molecule has 1 heterocycles. The minimum absolute atomic E-state index is 0.121. The van der Waals surface area contributed by atoms with Crippen LogP contribution in [0.15, 0.2) is 42.5 Å². The molecule has 10 nitrogen and oxygen atoms in total. The summed E-state index contributed by atoms with van der Waals surface area (Å²) in [6.45, 7) is 1.02. The van der Waals surface area contributed by atoms with Gasteiger partial charge in [0, 0.05) is 37.4 Å². The highest BCUT2D eigenvalue weighted by Crippen LogP contribution is 2.26. The number of carbonyl (C=O) groups excluding carboxylic acids is 1. The lowest BCUT2D eigenvalue weighted by atomic mass is 10.1. The largest absolute Gasteiger partial charge is 0.496 e. The summed E-state index contributed by atoms with van der Waals surface area (Å²) >= 11 is 0. The average molecular weight is 415 g/mol. The van der Waals surface area contributed by atoms with Crippen molar-refractivity contribution in [3.8, 4) is 5.75 Å². The first-order valence-corrected chi connectivity index (χ1v) is 9.35. The van der Waals surface area contributed by atoms with Crippen molar-refractivity contribution in [2.75, 3.05) is 20.3 Å². The normalized spacial score (nSPS) is 15.6. The molecular weight excluding hydrogens is 394 g/mol. The van der Waals surface area contributed by atoms with Gasteiger partial charge in [0.15, 0.2) is 0 Å². The first-order valence-electron chi connectivity index (χ1n) is 9.35. The van der Waals surface area contributed by atoms with Crippen molar-refractivity contribution in [3.63, 3.8) is 0 Å². The molecule has 1 aliphatic rings. The highest BCUT2D eigenvalue weighted by molar-refractivity contribution is 5.95. The Balaban J connectivity index is 1.97. The minimum Gasteiger partial charge on any atom is -0.496 e. The molecular formula is C20H21N3O7. The lowest BCUT2D eigenvalue weighted by Crippen LogP contribution is -2.37. The Kier molecular flexibility index (Phi) is 6.58. The summed E-state index contributed by atoms with van der Waals surface area (Å²) < 4.78 is 11.0. The number of nitro groups is 2. The molecule has 1 saturated heterocycles. The molecule has 0 N–H and O–H groups in total. The van der Waals surface area contributed by atoms with Crippen LogP contribution in [-0.4, -0.2) is 47.0 Å². The van der Waals surface area contributed by atoms with Gasteiger partial charge in [-0.25, -0.2) is 0 Å². The van der Waals surface area contributed by atoms with Crippen molar-refractivity contribution in [2.45, 2.75) is 25.5 Å². The fourth-order valence-corrected chi connectivity index (χ4v) is 3.40. The van der Waals surface area contributed by atoms with E-state index in [9.17, 15) is 25.0 Å². The third-order valence-corrected chi connectivity index (χ3v) is 4.86. The average Bonchev–Trinajstić information content (AvgIpc) is 3.25. The number of ether oxygens (including phenoxy) is 2. The number of hydrogen-bond acceptors (Lipinski definition) is 7. The molecule has 2 aromatic rings. The molecule has 0 radical (unpaired) electrons. The fourth-order valence-electron chi connectivity index (χ4n) is 3.40. The smallest absolute Gasteiger partial charge is 0.277 e. The van der Waals surface area contributed by atoms with Gasteiger partial charge in [-0.3, -0.25) is 25.0 Å². The van der Waals surface area contributed by atoms with E-state index < -0.39 is 27.1 Å². The number of carbonyl (C=O) groups is 1. The molecule has 158 valence electrons. The second kappa shape index (κ2) is 9.31. The summed E-state index contributed by atoms with van der Waals surface area (Å²) in [7, 11) is 1.52. The van der Waals surface area contributed by atoms with E-state index in [2.05, 4.69) is 0 Å². The first-order chi connectivity index (χ1) is 14.4. The summed E-state index contributed by atoms with van der Waals surface area (Å²) in [6.07, 6.45) is 1.49. The van der Waals surface area contributed by atoms with Crippen LogP contribution in [0.5, 0.6) is 5.75 Å². The molecule has 30 heavy (non-hydrogen) atoms. The number of para-hydroxylation sites is 1. The second-order valence-corrected chi connectivity index (χ2v) is 6.88. The Morgan fingerprint density at radius 3 is 2.40 bits per heavy atom. The van der Waals surface area contributed by atoms with Crippen LogP contribution < -0.4 is 4.74 Å². The van der Waals surface area contributed by atoms with Crippen LogP contribution in [0.3, 0.4) is 0 Å². The summed E-state index contributed by atoms with van der Waals surface area (Å²) in [5.74, 6) is 0.0378. The minimum atomic E-state index is -0.756. The number of amides is 1. The summed E-state index contributed by atoms with van der Waals surface area (Å²) in [4.78, 5) is 35.6. The van der Waals surface area contributed by atoms with E-state index in [4.69, 9.17) is 9.47 Å². The molecule has 0 saturated carbocycles. The van der Waals surface area contributed by atoms with Crippen LogP contribution in [0.2, 0.25) is 0 Å². The van der Waals surface area contributed by atoms with Crippen molar-refractivity contribution in [2.24, 2.45) is 0 Å². The molecule has 1 fully saturated rings. The molecule has 10 heteroatoms. The number of rotatable bonds is 8. The van der Waals surface area contributed by atoms with Gasteiger partial charge in [-0.1, -0.05) is 18.2 Å². The Labute approximate surface area is 172 Å². The SMILES string of the molecule is COc1ccccc1CN(CC1CCCO1)C(=O)c1cc([N+](=O)[O-])cc([N+](=O)[O-])c1. The van der Waals surface area contributed by atoms with Gasteiger partial charge in [0.25, 0.3) is 17.3 Å². The number of hydrogen-bond donors (Lipinski definition) is 0. The molecule has 1 unspecified atom stereocenters. The van der Waals surface area contributed by atoms with Crippen LogP contribution in [0.25, 0.3) is 0 Å². The number of non-ortho nitro benzene ring substituents is 2. The van der Waals surface area contributed by atoms with E-state index in [-0.39, 0.29) is 24.8 Å². The zero-order valence-corrected chi connectivity index (χ0v) is 16.4. The topological polar surface area (TPSA) is 125 Å². The van der Waals surface area contributed by atoms with E-state index in [0.717, 1.165) is 36.6 Å². The summed E-state index contributed by atoms with van der Waals surface area (Å²) in [5, 5.41) is 22.4. The monoisotopic (exact) mass is 415 g/mol. The van der Waals surface area contributed by atoms with Crippen molar-refractivity contribution >= 4 is 17.3 Å².